The molecular formula is C6H7N3O2. The summed E-state index contributed by atoms with van der Waals surface area (Å²) in [4.78, 5) is 13.3. The van der Waals surface area contributed by atoms with Gasteiger partial charge in [-0.05, 0) is 6.07 Å². The second-order valence-corrected chi connectivity index (χ2v) is 1.75. The fraction of sp³-hybridized carbons (Fsp3) is 0.167. The summed E-state index contributed by atoms with van der Waals surface area (Å²) in [6.45, 7) is -2.49. The number of aromatic nitrogens is 1. The molecule has 0 fully saturated rings. The van der Waals surface area contributed by atoms with Gasteiger partial charge in [-0.15, -0.1) is 0 Å². The summed E-state index contributed by atoms with van der Waals surface area (Å²) in [6, 6.07) is 2.55. The van der Waals surface area contributed by atoms with E-state index in [-0.39, 0.29) is 11.5 Å². The SMILES string of the molecule is [2H]C([2H])([2H])Nc1ncccc1[N+](=O)[O-]. The van der Waals surface area contributed by atoms with Crippen molar-refractivity contribution in [2.24, 2.45) is 0 Å². The lowest BCUT2D eigenvalue weighted by Gasteiger charge is -1.97. The Morgan fingerprint density at radius 1 is 1.91 bits per heavy atom. The first kappa shape index (κ1) is 4.27. The number of nitrogens with zero attached hydrogens (tertiary/aromatic N) is 2. The van der Waals surface area contributed by atoms with Crippen molar-refractivity contribution in [3.05, 3.63) is 28.4 Å². The Bertz CT molecular complexity index is 352. The van der Waals surface area contributed by atoms with Crippen LogP contribution in [0.5, 0.6) is 0 Å². The van der Waals surface area contributed by atoms with Gasteiger partial charge in [0, 0.05) is 23.4 Å². The first-order chi connectivity index (χ1) is 6.40. The lowest BCUT2D eigenvalue weighted by Crippen LogP contribution is -1.97. The van der Waals surface area contributed by atoms with Crippen LogP contribution in [0.4, 0.5) is 11.5 Å². The molecule has 5 nitrogen and oxygen atoms in total. The molecule has 58 valence electrons. The number of nitro groups is 1. The van der Waals surface area contributed by atoms with E-state index in [0.29, 0.717) is 0 Å². The summed E-state index contributed by atoms with van der Waals surface area (Å²) >= 11 is 0. The van der Waals surface area contributed by atoms with Gasteiger partial charge in [-0.1, -0.05) is 0 Å². The lowest BCUT2D eigenvalue weighted by molar-refractivity contribution is -0.384. The van der Waals surface area contributed by atoms with Crippen LogP contribution < -0.4 is 5.32 Å². The smallest absolute Gasteiger partial charge is 0.311 e. The van der Waals surface area contributed by atoms with Gasteiger partial charge < -0.3 is 5.32 Å². The maximum atomic E-state index is 10.4. The number of anilines is 1. The highest BCUT2D eigenvalue weighted by Crippen LogP contribution is 2.18. The quantitative estimate of drug-likeness (QED) is 0.513. The average molecular weight is 156 g/mol. The maximum absolute atomic E-state index is 10.4. The number of pyridine rings is 1. The van der Waals surface area contributed by atoms with Crippen LogP contribution in [0.2, 0.25) is 0 Å². The molecule has 0 saturated carbocycles. The molecule has 5 heteroatoms. The summed E-state index contributed by atoms with van der Waals surface area (Å²) in [7, 11) is 0. The molecule has 0 bridgehead atoms. The highest BCUT2D eigenvalue weighted by Gasteiger charge is 2.11. The summed E-state index contributed by atoms with van der Waals surface area (Å²) < 4.78 is 20.6. The van der Waals surface area contributed by atoms with Gasteiger partial charge in [-0.2, -0.15) is 0 Å². The van der Waals surface area contributed by atoms with E-state index in [4.69, 9.17) is 4.11 Å². The van der Waals surface area contributed by atoms with Crippen molar-refractivity contribution >= 4 is 11.5 Å². The maximum Gasteiger partial charge on any atom is 0.311 e. The number of rotatable bonds is 2. The Kier molecular flexibility index (Phi) is 1.15. The Morgan fingerprint density at radius 2 is 2.73 bits per heavy atom. The molecule has 0 unspecified atom stereocenters. The molecule has 0 amide bonds. The van der Waals surface area contributed by atoms with E-state index in [0.717, 1.165) is 0 Å². The van der Waals surface area contributed by atoms with Crippen molar-refractivity contribution in [3.8, 4) is 0 Å². The van der Waals surface area contributed by atoms with Crippen molar-refractivity contribution in [3.63, 3.8) is 0 Å². The summed E-state index contributed by atoms with van der Waals surface area (Å²) in [5.41, 5.74) is -0.358. The van der Waals surface area contributed by atoms with Crippen LogP contribution in [0, 0.1) is 10.1 Å². The van der Waals surface area contributed by atoms with E-state index < -0.39 is 11.9 Å². The molecule has 11 heavy (non-hydrogen) atoms. The Labute approximate surface area is 67.4 Å². The molecule has 0 aromatic carbocycles. The molecule has 0 radical (unpaired) electrons. The molecular weight excluding hydrogens is 146 g/mol. The highest BCUT2D eigenvalue weighted by atomic mass is 16.6. The molecule has 0 aliphatic carbocycles. The van der Waals surface area contributed by atoms with Gasteiger partial charge in [0.25, 0.3) is 0 Å². The third-order valence-electron chi connectivity index (χ3n) is 1.10. The predicted molar refractivity (Wildman–Crippen MR) is 40.4 cm³/mol. The van der Waals surface area contributed by atoms with Gasteiger partial charge in [-0.25, -0.2) is 4.98 Å². The van der Waals surface area contributed by atoms with Gasteiger partial charge in [-0.3, -0.25) is 10.1 Å². The Balaban J connectivity index is 3.02. The minimum absolute atomic E-state index is 0.252. The van der Waals surface area contributed by atoms with Crippen molar-refractivity contribution < 1.29 is 9.04 Å². The molecule has 1 N–H and O–H groups in total. The Morgan fingerprint density at radius 3 is 3.36 bits per heavy atom. The van der Waals surface area contributed by atoms with Gasteiger partial charge >= 0.3 is 5.69 Å². The lowest BCUT2D eigenvalue weighted by atomic mass is 10.4. The van der Waals surface area contributed by atoms with Crippen molar-refractivity contribution in [2.75, 3.05) is 12.3 Å². The first-order valence-electron chi connectivity index (χ1n) is 4.28. The monoisotopic (exact) mass is 156 g/mol. The van der Waals surface area contributed by atoms with Gasteiger partial charge in [0.2, 0.25) is 5.82 Å². The second kappa shape index (κ2) is 2.96. The number of nitrogens with one attached hydrogen (secondary N) is 1. The predicted octanol–water partition coefficient (Wildman–Crippen LogP) is 1.03. The molecule has 0 atom stereocenters. The summed E-state index contributed by atoms with van der Waals surface area (Å²) in [5.74, 6) is -0.252. The average Bonchev–Trinajstić information content (AvgIpc) is 2.01. The zero-order chi connectivity index (χ0) is 10.8. The van der Waals surface area contributed by atoms with Crippen molar-refractivity contribution in [2.45, 2.75) is 0 Å². The van der Waals surface area contributed by atoms with Crippen LogP contribution in [0.25, 0.3) is 0 Å². The van der Waals surface area contributed by atoms with Crippen LogP contribution >= 0.6 is 0 Å². The van der Waals surface area contributed by atoms with Crippen LogP contribution in [0.3, 0.4) is 0 Å². The van der Waals surface area contributed by atoms with Crippen molar-refractivity contribution in [1.29, 1.82) is 0 Å². The minimum Gasteiger partial charge on any atom is -0.367 e. The van der Waals surface area contributed by atoms with Crippen molar-refractivity contribution in [1.82, 2.24) is 4.98 Å². The molecule has 0 saturated heterocycles. The second-order valence-electron chi connectivity index (χ2n) is 1.75. The fourth-order valence-electron chi connectivity index (χ4n) is 0.640. The fourth-order valence-corrected chi connectivity index (χ4v) is 0.640. The standard InChI is InChI=1S/C6H7N3O2/c1-7-6-5(9(10)11)3-2-4-8-6/h2-4H,1H3,(H,7,8)/i1D3. The third kappa shape index (κ3) is 1.43. The number of hydrogen-bond acceptors (Lipinski definition) is 4. The molecule has 1 heterocycles. The number of hydrogen-bond donors (Lipinski definition) is 1. The zero-order valence-electron chi connectivity index (χ0n) is 8.44. The van der Waals surface area contributed by atoms with E-state index in [1.54, 1.807) is 0 Å². The highest BCUT2D eigenvalue weighted by molar-refractivity contribution is 5.54. The normalized spacial score (nSPS) is 14.4. The topological polar surface area (TPSA) is 68.1 Å². The van der Waals surface area contributed by atoms with E-state index >= 15 is 0 Å². The van der Waals surface area contributed by atoms with E-state index in [2.05, 4.69) is 4.98 Å². The first-order valence-corrected chi connectivity index (χ1v) is 2.78. The Hall–Kier alpha value is -1.65. The minimum atomic E-state index is -2.49. The molecule has 0 spiro atoms. The third-order valence-corrected chi connectivity index (χ3v) is 1.10. The van der Waals surface area contributed by atoms with Crippen LogP contribution in [0.15, 0.2) is 18.3 Å². The van der Waals surface area contributed by atoms with Crippen LogP contribution in [-0.2, 0) is 0 Å². The summed E-state index contributed by atoms with van der Waals surface area (Å²) in [6.07, 6.45) is 1.28. The zero-order valence-corrected chi connectivity index (χ0v) is 5.44. The molecule has 1 aromatic rings. The molecule has 1 rings (SSSR count). The van der Waals surface area contributed by atoms with Gasteiger partial charge in [0.05, 0.1) is 4.92 Å². The molecule has 0 aliphatic rings. The van der Waals surface area contributed by atoms with E-state index in [1.165, 1.54) is 18.3 Å². The van der Waals surface area contributed by atoms with E-state index in [1.807, 2.05) is 5.32 Å². The summed E-state index contributed by atoms with van der Waals surface area (Å²) in [5, 5.41) is 12.4. The van der Waals surface area contributed by atoms with Gasteiger partial charge in [0.1, 0.15) is 0 Å². The molecule has 0 aliphatic heterocycles. The van der Waals surface area contributed by atoms with Gasteiger partial charge in [0.15, 0.2) is 0 Å². The molecule has 1 aromatic heterocycles. The van der Waals surface area contributed by atoms with Crippen LogP contribution in [-0.4, -0.2) is 16.9 Å². The largest absolute Gasteiger partial charge is 0.367 e. The van der Waals surface area contributed by atoms with Crippen LogP contribution in [0.1, 0.15) is 4.11 Å². The van der Waals surface area contributed by atoms with E-state index in [9.17, 15) is 10.1 Å².